The Morgan fingerprint density at radius 1 is 0.966 bits per heavy atom. The van der Waals surface area contributed by atoms with Crippen LogP contribution in [0.1, 0.15) is 28.4 Å². The highest BCUT2D eigenvalue weighted by molar-refractivity contribution is 6.32. The van der Waals surface area contributed by atoms with Gasteiger partial charge in [-0.2, -0.15) is 0 Å². The zero-order valence-electron chi connectivity index (χ0n) is 16.5. The molecule has 0 aromatic heterocycles. The predicted molar refractivity (Wildman–Crippen MR) is 110 cm³/mol. The summed E-state index contributed by atoms with van der Waals surface area (Å²) in [6.07, 6.45) is 0. The van der Waals surface area contributed by atoms with Gasteiger partial charge in [0, 0.05) is 30.6 Å². The summed E-state index contributed by atoms with van der Waals surface area (Å²) in [5.41, 5.74) is 2.11. The highest BCUT2D eigenvalue weighted by atomic mass is 35.5. The zero-order chi connectivity index (χ0) is 21.4. The number of ether oxygens (including phenoxy) is 2. The number of rotatable bonds is 8. The Hall–Kier alpha value is -3.06. The number of carbonyl (C=O) groups is 3. The van der Waals surface area contributed by atoms with Gasteiger partial charge in [0.25, 0.3) is 11.8 Å². The SMILES string of the molecule is CC(=O)Oc1cccc(C(=O)NCCNC(=O)COc2cc(C)c(Cl)c(C)c2)c1. The molecule has 0 radical (unpaired) electrons. The highest BCUT2D eigenvalue weighted by Gasteiger charge is 2.09. The molecule has 0 bridgehead atoms. The Balaban J connectivity index is 1.72. The molecule has 8 heteroatoms. The summed E-state index contributed by atoms with van der Waals surface area (Å²) in [5.74, 6) is -0.238. The summed E-state index contributed by atoms with van der Waals surface area (Å²) in [4.78, 5) is 35.0. The number of hydrogen-bond donors (Lipinski definition) is 2. The van der Waals surface area contributed by atoms with Crippen molar-refractivity contribution in [1.82, 2.24) is 10.6 Å². The van der Waals surface area contributed by atoms with Gasteiger partial charge in [0.05, 0.1) is 0 Å². The first kappa shape index (κ1) is 22.2. The first-order valence-corrected chi connectivity index (χ1v) is 9.37. The van der Waals surface area contributed by atoms with Gasteiger partial charge in [-0.05, 0) is 55.3 Å². The summed E-state index contributed by atoms with van der Waals surface area (Å²) < 4.78 is 10.4. The smallest absolute Gasteiger partial charge is 0.308 e. The molecular weight excluding hydrogens is 396 g/mol. The molecule has 0 saturated carbocycles. The minimum atomic E-state index is -0.462. The van der Waals surface area contributed by atoms with E-state index in [4.69, 9.17) is 21.1 Å². The number of hydrogen-bond acceptors (Lipinski definition) is 5. The van der Waals surface area contributed by atoms with Crippen LogP contribution >= 0.6 is 11.6 Å². The molecule has 2 amide bonds. The fourth-order valence-corrected chi connectivity index (χ4v) is 2.65. The maximum atomic E-state index is 12.1. The second-order valence-corrected chi connectivity index (χ2v) is 6.77. The van der Waals surface area contributed by atoms with Crippen LogP contribution in [-0.2, 0) is 9.59 Å². The van der Waals surface area contributed by atoms with E-state index < -0.39 is 5.97 Å². The fourth-order valence-electron chi connectivity index (χ4n) is 2.54. The fraction of sp³-hybridized carbons (Fsp3) is 0.286. The van der Waals surface area contributed by atoms with Crippen LogP contribution in [0.15, 0.2) is 36.4 Å². The van der Waals surface area contributed by atoms with Crippen LogP contribution in [-0.4, -0.2) is 37.5 Å². The Morgan fingerprint density at radius 2 is 1.62 bits per heavy atom. The summed E-state index contributed by atoms with van der Waals surface area (Å²) in [5, 5.41) is 6.02. The van der Waals surface area contributed by atoms with Crippen molar-refractivity contribution in [2.24, 2.45) is 0 Å². The number of aryl methyl sites for hydroxylation is 2. The highest BCUT2D eigenvalue weighted by Crippen LogP contribution is 2.25. The number of esters is 1. The van der Waals surface area contributed by atoms with Crippen molar-refractivity contribution in [3.05, 3.63) is 58.1 Å². The van der Waals surface area contributed by atoms with E-state index in [1.54, 1.807) is 30.3 Å². The number of benzene rings is 2. The Morgan fingerprint density at radius 3 is 2.28 bits per heavy atom. The van der Waals surface area contributed by atoms with Gasteiger partial charge in [-0.1, -0.05) is 17.7 Å². The van der Waals surface area contributed by atoms with E-state index in [0.717, 1.165) is 11.1 Å². The molecule has 0 aliphatic carbocycles. The Kier molecular flexibility index (Phi) is 8.03. The minimum Gasteiger partial charge on any atom is -0.484 e. The van der Waals surface area contributed by atoms with E-state index in [1.807, 2.05) is 13.8 Å². The molecule has 0 atom stereocenters. The van der Waals surface area contributed by atoms with Crippen molar-refractivity contribution in [3.63, 3.8) is 0 Å². The van der Waals surface area contributed by atoms with Crippen LogP contribution in [0.5, 0.6) is 11.5 Å². The van der Waals surface area contributed by atoms with E-state index in [0.29, 0.717) is 22.1 Å². The summed E-state index contributed by atoms with van der Waals surface area (Å²) in [6, 6.07) is 9.82. The third-order valence-electron chi connectivity index (χ3n) is 3.87. The van der Waals surface area contributed by atoms with Crippen molar-refractivity contribution in [2.45, 2.75) is 20.8 Å². The van der Waals surface area contributed by atoms with Gasteiger partial charge in [-0.15, -0.1) is 0 Å². The van der Waals surface area contributed by atoms with Crippen molar-refractivity contribution in [1.29, 1.82) is 0 Å². The molecule has 0 spiro atoms. The monoisotopic (exact) mass is 418 g/mol. The lowest BCUT2D eigenvalue weighted by molar-refractivity contribution is -0.131. The van der Waals surface area contributed by atoms with E-state index >= 15 is 0 Å². The summed E-state index contributed by atoms with van der Waals surface area (Å²) in [7, 11) is 0. The lowest BCUT2D eigenvalue weighted by atomic mass is 10.1. The van der Waals surface area contributed by atoms with Crippen molar-refractivity contribution in [3.8, 4) is 11.5 Å². The molecule has 7 nitrogen and oxygen atoms in total. The van der Waals surface area contributed by atoms with E-state index in [2.05, 4.69) is 10.6 Å². The third kappa shape index (κ3) is 7.12. The number of carbonyl (C=O) groups excluding carboxylic acids is 3. The second kappa shape index (κ2) is 10.5. The third-order valence-corrected chi connectivity index (χ3v) is 4.47. The van der Waals surface area contributed by atoms with Gasteiger partial charge in [-0.25, -0.2) is 0 Å². The van der Waals surface area contributed by atoms with Gasteiger partial charge in [-0.3, -0.25) is 14.4 Å². The first-order valence-electron chi connectivity index (χ1n) is 8.99. The van der Waals surface area contributed by atoms with Crippen LogP contribution in [0.2, 0.25) is 5.02 Å². The number of nitrogens with one attached hydrogen (secondary N) is 2. The van der Waals surface area contributed by atoms with Crippen LogP contribution < -0.4 is 20.1 Å². The lowest BCUT2D eigenvalue weighted by Crippen LogP contribution is -2.36. The quantitative estimate of drug-likeness (QED) is 0.390. The van der Waals surface area contributed by atoms with Crippen LogP contribution in [0, 0.1) is 13.8 Å². The standard InChI is InChI=1S/C21H23ClN2O5/c1-13-9-18(10-14(2)20(13)22)28-12-19(26)23-7-8-24-21(27)16-5-4-6-17(11-16)29-15(3)25/h4-6,9-11H,7-8,12H2,1-3H3,(H,23,26)(H,24,27). The van der Waals surface area contributed by atoms with Crippen LogP contribution in [0.25, 0.3) is 0 Å². The van der Waals surface area contributed by atoms with Gasteiger partial charge in [0.15, 0.2) is 6.61 Å². The normalized spacial score (nSPS) is 10.2. The van der Waals surface area contributed by atoms with Crippen LogP contribution in [0.3, 0.4) is 0 Å². The average molecular weight is 419 g/mol. The molecule has 0 fully saturated rings. The maximum Gasteiger partial charge on any atom is 0.308 e. The largest absolute Gasteiger partial charge is 0.484 e. The molecule has 2 aromatic carbocycles. The number of amides is 2. The van der Waals surface area contributed by atoms with Gasteiger partial charge in [0.2, 0.25) is 0 Å². The Labute approximate surface area is 174 Å². The molecular formula is C21H23ClN2O5. The average Bonchev–Trinajstić information content (AvgIpc) is 2.67. The topological polar surface area (TPSA) is 93.7 Å². The first-order chi connectivity index (χ1) is 13.8. The molecule has 2 rings (SSSR count). The lowest BCUT2D eigenvalue weighted by Gasteiger charge is -2.11. The van der Waals surface area contributed by atoms with Crippen molar-refractivity contribution >= 4 is 29.4 Å². The van der Waals surface area contributed by atoms with Crippen molar-refractivity contribution < 1.29 is 23.9 Å². The van der Waals surface area contributed by atoms with Crippen LogP contribution in [0.4, 0.5) is 0 Å². The predicted octanol–water partition coefficient (Wildman–Crippen LogP) is 2.81. The molecule has 0 aliphatic rings. The molecule has 2 aromatic rings. The minimum absolute atomic E-state index is 0.140. The van der Waals surface area contributed by atoms with E-state index in [1.165, 1.54) is 13.0 Å². The molecule has 0 saturated heterocycles. The Bertz CT molecular complexity index is 891. The van der Waals surface area contributed by atoms with Gasteiger partial charge >= 0.3 is 5.97 Å². The maximum absolute atomic E-state index is 12.1. The molecule has 0 unspecified atom stereocenters. The zero-order valence-corrected chi connectivity index (χ0v) is 17.3. The molecule has 0 heterocycles. The van der Waals surface area contributed by atoms with Gasteiger partial charge in [0.1, 0.15) is 11.5 Å². The molecule has 29 heavy (non-hydrogen) atoms. The second-order valence-electron chi connectivity index (χ2n) is 6.39. The van der Waals surface area contributed by atoms with E-state index in [-0.39, 0.29) is 31.5 Å². The van der Waals surface area contributed by atoms with Crippen molar-refractivity contribution in [2.75, 3.05) is 19.7 Å². The van der Waals surface area contributed by atoms with E-state index in [9.17, 15) is 14.4 Å². The summed E-state index contributed by atoms with van der Waals surface area (Å²) >= 11 is 6.11. The molecule has 2 N–H and O–H groups in total. The molecule has 154 valence electrons. The molecule has 0 aliphatic heterocycles. The summed E-state index contributed by atoms with van der Waals surface area (Å²) in [6.45, 7) is 5.37. The number of halogens is 1. The van der Waals surface area contributed by atoms with Gasteiger partial charge < -0.3 is 20.1 Å².